The van der Waals surface area contributed by atoms with Gasteiger partial charge in [-0.3, -0.25) is 4.79 Å². The van der Waals surface area contributed by atoms with E-state index >= 15 is 0 Å². The van der Waals surface area contributed by atoms with Gasteiger partial charge in [0.1, 0.15) is 11.5 Å². The Hall–Kier alpha value is -1.79. The van der Waals surface area contributed by atoms with Crippen LogP contribution in [0, 0.1) is 0 Å². The van der Waals surface area contributed by atoms with Gasteiger partial charge < -0.3 is 25.2 Å². The van der Waals surface area contributed by atoms with E-state index in [0.29, 0.717) is 25.4 Å². The molecule has 6 heteroatoms. The minimum atomic E-state index is -0.223. The van der Waals surface area contributed by atoms with Crippen LogP contribution in [0.2, 0.25) is 0 Å². The summed E-state index contributed by atoms with van der Waals surface area (Å²) in [5, 5.41) is 9.93. The highest BCUT2D eigenvalue weighted by Crippen LogP contribution is 2.25. The zero-order chi connectivity index (χ0) is 14.7. The van der Waals surface area contributed by atoms with Crippen molar-refractivity contribution in [1.29, 1.82) is 0 Å². The molecule has 2 rings (SSSR count). The SMILES string of the molecule is COc1ccc(C(=O)N2CC(C)OC(CN)C2)c(O)c1. The Kier molecular flexibility index (Phi) is 4.46. The van der Waals surface area contributed by atoms with Gasteiger partial charge in [-0.15, -0.1) is 0 Å². The predicted molar refractivity (Wildman–Crippen MR) is 74.0 cm³/mol. The molecule has 0 aromatic heterocycles. The minimum absolute atomic E-state index is 0.0679. The second kappa shape index (κ2) is 6.11. The predicted octanol–water partition coefficient (Wildman–Crippen LogP) is 0.589. The number of morpholine rings is 1. The van der Waals surface area contributed by atoms with Gasteiger partial charge in [-0.1, -0.05) is 0 Å². The summed E-state index contributed by atoms with van der Waals surface area (Å²) in [7, 11) is 1.51. The summed E-state index contributed by atoms with van der Waals surface area (Å²) < 4.78 is 10.6. The lowest BCUT2D eigenvalue weighted by molar-refractivity contribution is -0.0626. The van der Waals surface area contributed by atoms with Gasteiger partial charge in [0.05, 0.1) is 24.9 Å². The van der Waals surface area contributed by atoms with Gasteiger partial charge in [-0.05, 0) is 19.1 Å². The first kappa shape index (κ1) is 14.6. The molecule has 1 aromatic rings. The molecule has 0 bridgehead atoms. The number of nitrogens with two attached hydrogens (primary N) is 1. The Labute approximate surface area is 118 Å². The average Bonchev–Trinajstić information content (AvgIpc) is 2.45. The van der Waals surface area contributed by atoms with Crippen LogP contribution in [-0.4, -0.2) is 54.9 Å². The molecule has 3 N–H and O–H groups in total. The number of benzene rings is 1. The monoisotopic (exact) mass is 280 g/mol. The molecule has 1 amide bonds. The summed E-state index contributed by atoms with van der Waals surface area (Å²) in [5.74, 6) is 0.200. The number of carbonyl (C=O) groups excluding carboxylic acids is 1. The maximum atomic E-state index is 12.5. The Morgan fingerprint density at radius 2 is 2.30 bits per heavy atom. The van der Waals surface area contributed by atoms with Gasteiger partial charge in [0.15, 0.2) is 0 Å². The van der Waals surface area contributed by atoms with Crippen LogP contribution in [0.3, 0.4) is 0 Å². The molecule has 1 heterocycles. The second-order valence-electron chi connectivity index (χ2n) is 4.90. The molecule has 6 nitrogen and oxygen atoms in total. The Bertz CT molecular complexity index is 492. The second-order valence-corrected chi connectivity index (χ2v) is 4.90. The maximum Gasteiger partial charge on any atom is 0.257 e. The van der Waals surface area contributed by atoms with E-state index in [0.717, 1.165) is 0 Å². The zero-order valence-corrected chi connectivity index (χ0v) is 11.7. The van der Waals surface area contributed by atoms with Crippen molar-refractivity contribution in [1.82, 2.24) is 4.90 Å². The quantitative estimate of drug-likeness (QED) is 0.846. The number of hydrogen-bond donors (Lipinski definition) is 2. The molecule has 0 spiro atoms. The number of nitrogens with zero attached hydrogens (tertiary/aromatic N) is 1. The highest BCUT2D eigenvalue weighted by molar-refractivity contribution is 5.97. The summed E-state index contributed by atoms with van der Waals surface area (Å²) in [4.78, 5) is 14.1. The molecule has 0 saturated carbocycles. The first-order valence-electron chi connectivity index (χ1n) is 6.57. The van der Waals surface area contributed by atoms with E-state index in [2.05, 4.69) is 0 Å². The largest absolute Gasteiger partial charge is 0.507 e. The number of aromatic hydroxyl groups is 1. The van der Waals surface area contributed by atoms with Crippen molar-refractivity contribution in [2.75, 3.05) is 26.7 Å². The molecular formula is C14H20N2O4. The van der Waals surface area contributed by atoms with Crippen LogP contribution in [0.1, 0.15) is 17.3 Å². The molecule has 2 atom stereocenters. The fourth-order valence-electron chi connectivity index (χ4n) is 2.33. The summed E-state index contributed by atoms with van der Waals surface area (Å²) in [6.07, 6.45) is -0.232. The molecule has 110 valence electrons. The van der Waals surface area contributed by atoms with Crippen LogP contribution in [0.5, 0.6) is 11.5 Å². The normalized spacial score (nSPS) is 22.6. The molecule has 2 unspecified atom stereocenters. The van der Waals surface area contributed by atoms with E-state index in [1.165, 1.54) is 13.2 Å². The number of phenolic OH excluding ortho intramolecular Hbond substituents is 1. The number of carbonyl (C=O) groups is 1. The van der Waals surface area contributed by atoms with Crippen LogP contribution in [0.15, 0.2) is 18.2 Å². The molecule has 1 aliphatic heterocycles. The minimum Gasteiger partial charge on any atom is -0.507 e. The van der Waals surface area contributed by atoms with Crippen molar-refractivity contribution >= 4 is 5.91 Å². The lowest BCUT2D eigenvalue weighted by Gasteiger charge is -2.36. The zero-order valence-electron chi connectivity index (χ0n) is 11.7. The number of hydrogen-bond acceptors (Lipinski definition) is 5. The van der Waals surface area contributed by atoms with E-state index in [-0.39, 0.29) is 29.4 Å². The molecule has 1 fully saturated rings. The fourth-order valence-corrected chi connectivity index (χ4v) is 2.33. The van der Waals surface area contributed by atoms with Gasteiger partial charge in [0.2, 0.25) is 0 Å². The first-order valence-corrected chi connectivity index (χ1v) is 6.57. The van der Waals surface area contributed by atoms with Gasteiger partial charge >= 0.3 is 0 Å². The highest BCUT2D eigenvalue weighted by atomic mass is 16.5. The third kappa shape index (κ3) is 3.02. The summed E-state index contributed by atoms with van der Waals surface area (Å²) >= 11 is 0. The maximum absolute atomic E-state index is 12.5. The molecular weight excluding hydrogens is 260 g/mol. The van der Waals surface area contributed by atoms with Crippen LogP contribution < -0.4 is 10.5 Å². The van der Waals surface area contributed by atoms with Crippen LogP contribution in [0.25, 0.3) is 0 Å². The lowest BCUT2D eigenvalue weighted by Crippen LogP contribution is -2.51. The van der Waals surface area contributed by atoms with Crippen LogP contribution in [-0.2, 0) is 4.74 Å². The Morgan fingerprint density at radius 3 is 2.90 bits per heavy atom. The van der Waals surface area contributed by atoms with E-state index < -0.39 is 0 Å². The van der Waals surface area contributed by atoms with Gasteiger partial charge in [0.25, 0.3) is 5.91 Å². The lowest BCUT2D eigenvalue weighted by atomic mass is 10.1. The number of ether oxygens (including phenoxy) is 2. The fraction of sp³-hybridized carbons (Fsp3) is 0.500. The van der Waals surface area contributed by atoms with E-state index in [9.17, 15) is 9.90 Å². The third-order valence-electron chi connectivity index (χ3n) is 3.31. The van der Waals surface area contributed by atoms with Crippen molar-refractivity contribution in [2.24, 2.45) is 5.73 Å². The van der Waals surface area contributed by atoms with Crippen molar-refractivity contribution in [3.8, 4) is 11.5 Å². The average molecular weight is 280 g/mol. The van der Waals surface area contributed by atoms with Crippen molar-refractivity contribution in [2.45, 2.75) is 19.1 Å². The molecule has 1 saturated heterocycles. The molecule has 1 aromatic carbocycles. The van der Waals surface area contributed by atoms with Gasteiger partial charge in [0, 0.05) is 25.7 Å². The summed E-state index contributed by atoms with van der Waals surface area (Å²) in [5.41, 5.74) is 5.87. The topological polar surface area (TPSA) is 85.0 Å². The van der Waals surface area contributed by atoms with E-state index in [1.807, 2.05) is 6.92 Å². The molecule has 0 radical (unpaired) electrons. The van der Waals surface area contributed by atoms with Crippen LogP contribution in [0.4, 0.5) is 0 Å². The number of rotatable bonds is 3. The first-order chi connectivity index (χ1) is 9.55. The molecule has 0 aliphatic carbocycles. The van der Waals surface area contributed by atoms with Gasteiger partial charge in [-0.25, -0.2) is 0 Å². The number of methoxy groups -OCH3 is 1. The van der Waals surface area contributed by atoms with Crippen molar-refractivity contribution in [3.05, 3.63) is 23.8 Å². The Morgan fingerprint density at radius 1 is 1.55 bits per heavy atom. The van der Waals surface area contributed by atoms with Gasteiger partial charge in [-0.2, -0.15) is 0 Å². The van der Waals surface area contributed by atoms with Crippen molar-refractivity contribution in [3.63, 3.8) is 0 Å². The molecule has 1 aliphatic rings. The number of phenols is 1. The summed E-state index contributed by atoms with van der Waals surface area (Å²) in [6, 6.07) is 4.64. The van der Waals surface area contributed by atoms with Crippen molar-refractivity contribution < 1.29 is 19.4 Å². The number of amides is 1. The smallest absolute Gasteiger partial charge is 0.257 e. The Balaban J connectivity index is 2.18. The van der Waals surface area contributed by atoms with Crippen LogP contribution >= 0.6 is 0 Å². The summed E-state index contributed by atoms with van der Waals surface area (Å²) in [6.45, 7) is 3.19. The van der Waals surface area contributed by atoms with E-state index in [1.54, 1.807) is 17.0 Å². The highest BCUT2D eigenvalue weighted by Gasteiger charge is 2.29. The third-order valence-corrected chi connectivity index (χ3v) is 3.31. The molecule has 20 heavy (non-hydrogen) atoms. The van der Waals surface area contributed by atoms with E-state index in [4.69, 9.17) is 15.2 Å². The standard InChI is InChI=1S/C14H20N2O4/c1-9-7-16(8-11(6-15)20-9)14(18)12-4-3-10(19-2)5-13(12)17/h3-5,9,11,17H,6-8,15H2,1-2H3.